The lowest BCUT2D eigenvalue weighted by molar-refractivity contribution is 0.577. The first kappa shape index (κ1) is 13.0. The zero-order chi connectivity index (χ0) is 12.0. The molecule has 0 aliphatic rings. The molecule has 0 bridgehead atoms. The molecule has 0 aromatic heterocycles. The van der Waals surface area contributed by atoms with Gasteiger partial charge in [0.1, 0.15) is 0 Å². The van der Waals surface area contributed by atoms with Gasteiger partial charge in [0.25, 0.3) is 0 Å². The summed E-state index contributed by atoms with van der Waals surface area (Å²) < 4.78 is 0. The second kappa shape index (κ2) is 6.49. The number of rotatable bonds is 5. The molecule has 0 unspecified atom stereocenters. The third kappa shape index (κ3) is 4.19. The maximum Gasteiger partial charge on any atom is 0.0138 e. The Morgan fingerprint density at radius 2 is 1.81 bits per heavy atom. The molecule has 0 aliphatic carbocycles. The number of nitrogens with one attached hydrogen (secondary N) is 1. The highest BCUT2D eigenvalue weighted by Gasteiger charge is 1.96. The summed E-state index contributed by atoms with van der Waals surface area (Å²) in [5, 5.41) is 3.41. The van der Waals surface area contributed by atoms with Crippen molar-refractivity contribution in [1.82, 2.24) is 5.32 Å². The number of aryl methyl sites for hydroxylation is 2. The van der Waals surface area contributed by atoms with Crippen LogP contribution in [0.15, 0.2) is 24.3 Å². The van der Waals surface area contributed by atoms with Crippen LogP contribution in [0.3, 0.4) is 0 Å². The van der Waals surface area contributed by atoms with Gasteiger partial charge in [-0.3, -0.25) is 0 Å². The zero-order valence-electron chi connectivity index (χ0n) is 10.9. The molecule has 88 valence electrons. The number of hydrogen-bond acceptors (Lipinski definition) is 1. The fraction of sp³-hybridized carbons (Fsp3) is 0.467. The summed E-state index contributed by atoms with van der Waals surface area (Å²) in [5.41, 5.74) is 4.05. The van der Waals surface area contributed by atoms with Gasteiger partial charge in [0.05, 0.1) is 0 Å². The highest BCUT2D eigenvalue weighted by Crippen LogP contribution is 2.14. The predicted octanol–water partition coefficient (Wildman–Crippen LogP) is 3.56. The number of benzene rings is 1. The first-order chi connectivity index (χ1) is 7.61. The molecule has 0 saturated heterocycles. The van der Waals surface area contributed by atoms with Gasteiger partial charge < -0.3 is 5.32 Å². The molecule has 1 rings (SSSR count). The summed E-state index contributed by atoms with van der Waals surface area (Å²) >= 11 is 0. The van der Waals surface area contributed by atoms with Gasteiger partial charge in [-0.2, -0.15) is 0 Å². The van der Waals surface area contributed by atoms with Crippen molar-refractivity contribution in [3.63, 3.8) is 0 Å². The molecule has 0 aliphatic heterocycles. The molecule has 1 nitrogen and oxygen atoms in total. The first-order valence-corrected chi connectivity index (χ1v) is 6.04. The molecule has 1 aromatic carbocycles. The van der Waals surface area contributed by atoms with Gasteiger partial charge in [-0.1, -0.05) is 44.2 Å². The molecule has 0 saturated carbocycles. The minimum absolute atomic E-state index is 0.716. The van der Waals surface area contributed by atoms with Crippen molar-refractivity contribution in [1.29, 1.82) is 0 Å². The van der Waals surface area contributed by atoms with Crippen LogP contribution < -0.4 is 5.32 Å². The van der Waals surface area contributed by atoms with Crippen LogP contribution in [0.2, 0.25) is 0 Å². The molecule has 1 aromatic rings. The third-order valence-corrected chi connectivity index (χ3v) is 2.64. The summed E-state index contributed by atoms with van der Waals surface area (Å²) in [7, 11) is 0. The minimum Gasteiger partial charge on any atom is -0.313 e. The summed E-state index contributed by atoms with van der Waals surface area (Å²) in [5.74, 6) is 0.716. The maximum absolute atomic E-state index is 3.41. The fourth-order valence-electron chi connectivity index (χ4n) is 1.72. The molecule has 1 N–H and O–H groups in total. The van der Waals surface area contributed by atoms with Gasteiger partial charge in [0, 0.05) is 6.54 Å². The van der Waals surface area contributed by atoms with E-state index in [9.17, 15) is 0 Å². The Kier molecular flexibility index (Phi) is 5.27. The van der Waals surface area contributed by atoms with Crippen molar-refractivity contribution in [3.8, 4) is 0 Å². The molecule has 1 heteroatoms. The van der Waals surface area contributed by atoms with E-state index in [-0.39, 0.29) is 0 Å². The molecule has 0 spiro atoms. The Labute approximate surface area is 99.6 Å². The Balaban J connectivity index is 2.50. The highest BCUT2D eigenvalue weighted by atomic mass is 14.8. The normalized spacial score (nSPS) is 11.6. The maximum atomic E-state index is 3.41. The molecule has 0 radical (unpaired) electrons. The molecule has 16 heavy (non-hydrogen) atoms. The Hall–Kier alpha value is -1.08. The van der Waals surface area contributed by atoms with E-state index in [0.29, 0.717) is 5.92 Å². The topological polar surface area (TPSA) is 12.0 Å². The van der Waals surface area contributed by atoms with E-state index in [1.807, 2.05) is 0 Å². The second-order valence-corrected chi connectivity index (χ2v) is 4.76. The van der Waals surface area contributed by atoms with Crippen LogP contribution in [0, 0.1) is 19.8 Å². The van der Waals surface area contributed by atoms with E-state index in [0.717, 1.165) is 13.1 Å². The van der Waals surface area contributed by atoms with Crippen molar-refractivity contribution >= 4 is 6.08 Å². The highest BCUT2D eigenvalue weighted by molar-refractivity contribution is 5.57. The summed E-state index contributed by atoms with van der Waals surface area (Å²) in [6.07, 6.45) is 4.43. The van der Waals surface area contributed by atoms with Gasteiger partial charge in [0.15, 0.2) is 0 Å². The molecule has 0 amide bonds. The summed E-state index contributed by atoms with van der Waals surface area (Å²) in [6, 6.07) is 6.43. The first-order valence-electron chi connectivity index (χ1n) is 6.04. The molecular weight excluding hydrogens is 194 g/mol. The van der Waals surface area contributed by atoms with Crippen molar-refractivity contribution in [2.24, 2.45) is 5.92 Å². The van der Waals surface area contributed by atoms with Crippen molar-refractivity contribution in [3.05, 3.63) is 41.0 Å². The number of hydrogen-bond donors (Lipinski definition) is 1. The van der Waals surface area contributed by atoms with Crippen LogP contribution >= 0.6 is 0 Å². The smallest absolute Gasteiger partial charge is 0.0138 e. The van der Waals surface area contributed by atoms with Gasteiger partial charge in [0.2, 0.25) is 0 Å². The van der Waals surface area contributed by atoms with E-state index >= 15 is 0 Å². The van der Waals surface area contributed by atoms with Crippen LogP contribution in [0.25, 0.3) is 6.08 Å². The van der Waals surface area contributed by atoms with Gasteiger partial charge >= 0.3 is 0 Å². The molecule has 0 fully saturated rings. The molecule has 0 heterocycles. The second-order valence-electron chi connectivity index (χ2n) is 4.76. The Morgan fingerprint density at radius 3 is 2.38 bits per heavy atom. The van der Waals surface area contributed by atoms with Crippen LogP contribution in [-0.2, 0) is 0 Å². The van der Waals surface area contributed by atoms with Crippen LogP contribution in [0.1, 0.15) is 30.5 Å². The van der Waals surface area contributed by atoms with Crippen molar-refractivity contribution in [2.75, 3.05) is 13.1 Å². The predicted molar refractivity (Wildman–Crippen MR) is 72.7 cm³/mol. The van der Waals surface area contributed by atoms with Crippen LogP contribution in [0.5, 0.6) is 0 Å². The third-order valence-electron chi connectivity index (χ3n) is 2.64. The van der Waals surface area contributed by atoms with E-state index in [1.54, 1.807) is 0 Å². The fourth-order valence-corrected chi connectivity index (χ4v) is 1.72. The molecule has 0 atom stereocenters. The lowest BCUT2D eigenvalue weighted by atomic mass is 10.0. The summed E-state index contributed by atoms with van der Waals surface area (Å²) in [4.78, 5) is 0. The van der Waals surface area contributed by atoms with E-state index in [1.165, 1.54) is 16.7 Å². The van der Waals surface area contributed by atoms with E-state index < -0.39 is 0 Å². The average Bonchev–Trinajstić information content (AvgIpc) is 2.21. The van der Waals surface area contributed by atoms with Gasteiger partial charge in [-0.25, -0.2) is 0 Å². The van der Waals surface area contributed by atoms with Crippen molar-refractivity contribution < 1.29 is 0 Å². The standard InChI is InChI=1S/C15H23N/c1-12(2)11-16-10-6-9-15-13(3)7-5-8-14(15)4/h5-9,12,16H,10-11H2,1-4H3/b9-6+. The average molecular weight is 217 g/mol. The van der Waals surface area contributed by atoms with Crippen LogP contribution in [0.4, 0.5) is 0 Å². The minimum atomic E-state index is 0.716. The largest absolute Gasteiger partial charge is 0.313 e. The van der Waals surface area contributed by atoms with Gasteiger partial charge in [-0.15, -0.1) is 0 Å². The monoisotopic (exact) mass is 217 g/mol. The quantitative estimate of drug-likeness (QED) is 0.744. The van der Waals surface area contributed by atoms with Crippen molar-refractivity contribution in [2.45, 2.75) is 27.7 Å². The molecular formula is C15H23N. The SMILES string of the molecule is Cc1cccc(C)c1/C=C/CNCC(C)C. The summed E-state index contributed by atoms with van der Waals surface area (Å²) in [6.45, 7) is 10.8. The lowest BCUT2D eigenvalue weighted by Gasteiger charge is -2.06. The Bertz CT molecular complexity index is 330. The zero-order valence-corrected chi connectivity index (χ0v) is 10.9. The Morgan fingerprint density at radius 1 is 1.19 bits per heavy atom. The van der Waals surface area contributed by atoms with E-state index in [4.69, 9.17) is 0 Å². The van der Waals surface area contributed by atoms with Crippen LogP contribution in [-0.4, -0.2) is 13.1 Å². The lowest BCUT2D eigenvalue weighted by Crippen LogP contribution is -2.19. The van der Waals surface area contributed by atoms with E-state index in [2.05, 4.69) is 63.4 Å². The van der Waals surface area contributed by atoms with Gasteiger partial charge in [-0.05, 0) is 43.0 Å².